The second kappa shape index (κ2) is 6.43. The molecule has 3 N–H and O–H groups in total. The van der Waals surface area contributed by atoms with Gasteiger partial charge in [-0.25, -0.2) is 0 Å². The maximum absolute atomic E-state index is 11.8. The van der Waals surface area contributed by atoms with Crippen molar-refractivity contribution in [2.75, 3.05) is 19.8 Å². The number of ether oxygens (including phenoxy) is 1. The smallest absolute Gasteiger partial charge is 0.258 e. The first-order chi connectivity index (χ1) is 9.18. The van der Waals surface area contributed by atoms with Crippen molar-refractivity contribution in [1.82, 2.24) is 5.32 Å². The zero-order chi connectivity index (χ0) is 13.7. The molecule has 0 radical (unpaired) electrons. The van der Waals surface area contributed by atoms with Crippen molar-refractivity contribution in [2.24, 2.45) is 5.92 Å². The number of nitrogens with one attached hydrogen (secondary N) is 1. The molecule has 104 valence electrons. The SMILES string of the molecule is O=C(NCCCOCC1CC1)c1c(O)cccc1O. The van der Waals surface area contributed by atoms with Gasteiger partial charge >= 0.3 is 0 Å². The third-order valence-electron chi connectivity index (χ3n) is 3.05. The molecule has 0 unspecified atom stereocenters. The predicted octanol–water partition coefficient (Wildman–Crippen LogP) is 1.64. The number of phenolic OH excluding ortho intramolecular Hbond substituents is 2. The second-order valence-electron chi connectivity index (χ2n) is 4.80. The fraction of sp³-hybridized carbons (Fsp3) is 0.500. The first-order valence-corrected chi connectivity index (χ1v) is 6.55. The van der Waals surface area contributed by atoms with Gasteiger partial charge in [0.1, 0.15) is 17.1 Å². The molecule has 1 aromatic rings. The first kappa shape index (κ1) is 13.7. The van der Waals surface area contributed by atoms with Gasteiger partial charge in [-0.2, -0.15) is 0 Å². The molecule has 1 fully saturated rings. The molecule has 0 spiro atoms. The molecule has 1 saturated carbocycles. The van der Waals surface area contributed by atoms with Gasteiger partial charge < -0.3 is 20.3 Å². The third-order valence-corrected chi connectivity index (χ3v) is 3.05. The Hall–Kier alpha value is -1.75. The highest BCUT2D eigenvalue weighted by Crippen LogP contribution is 2.28. The van der Waals surface area contributed by atoms with E-state index in [2.05, 4.69) is 5.32 Å². The van der Waals surface area contributed by atoms with Crippen molar-refractivity contribution in [3.05, 3.63) is 23.8 Å². The van der Waals surface area contributed by atoms with E-state index in [1.807, 2.05) is 0 Å². The van der Waals surface area contributed by atoms with Gasteiger partial charge in [-0.15, -0.1) is 0 Å². The van der Waals surface area contributed by atoms with Crippen LogP contribution in [0.3, 0.4) is 0 Å². The summed E-state index contributed by atoms with van der Waals surface area (Å²) in [7, 11) is 0. The molecule has 5 nitrogen and oxygen atoms in total. The van der Waals surface area contributed by atoms with E-state index >= 15 is 0 Å². The Bertz CT molecular complexity index is 423. The quantitative estimate of drug-likeness (QED) is 0.655. The third kappa shape index (κ3) is 4.13. The van der Waals surface area contributed by atoms with Crippen LogP contribution in [0.1, 0.15) is 29.6 Å². The highest BCUT2D eigenvalue weighted by atomic mass is 16.5. The number of hydrogen-bond donors (Lipinski definition) is 3. The Morgan fingerprint density at radius 1 is 1.32 bits per heavy atom. The van der Waals surface area contributed by atoms with Crippen molar-refractivity contribution < 1.29 is 19.7 Å². The molecular weight excluding hydrogens is 246 g/mol. The van der Waals surface area contributed by atoms with E-state index in [0.717, 1.165) is 12.5 Å². The lowest BCUT2D eigenvalue weighted by atomic mass is 10.1. The number of hydrogen-bond acceptors (Lipinski definition) is 4. The van der Waals surface area contributed by atoms with Crippen LogP contribution in [-0.2, 0) is 4.74 Å². The van der Waals surface area contributed by atoms with Gasteiger partial charge in [0, 0.05) is 19.8 Å². The highest BCUT2D eigenvalue weighted by Gasteiger charge is 2.20. The molecule has 0 atom stereocenters. The Kier molecular flexibility index (Phi) is 4.63. The van der Waals surface area contributed by atoms with Gasteiger partial charge in [-0.3, -0.25) is 4.79 Å². The summed E-state index contributed by atoms with van der Waals surface area (Å²) >= 11 is 0. The van der Waals surface area contributed by atoms with E-state index < -0.39 is 5.91 Å². The van der Waals surface area contributed by atoms with Crippen LogP contribution in [0.15, 0.2) is 18.2 Å². The maximum Gasteiger partial charge on any atom is 0.258 e. The molecule has 5 heteroatoms. The number of aromatic hydroxyl groups is 2. The molecule has 1 amide bonds. The van der Waals surface area contributed by atoms with Crippen molar-refractivity contribution in [1.29, 1.82) is 0 Å². The van der Waals surface area contributed by atoms with Gasteiger partial charge in [-0.05, 0) is 37.3 Å². The Morgan fingerprint density at radius 3 is 2.63 bits per heavy atom. The molecule has 0 saturated heterocycles. The fourth-order valence-electron chi connectivity index (χ4n) is 1.76. The number of amides is 1. The molecular formula is C14H19NO4. The van der Waals surface area contributed by atoms with Crippen LogP contribution >= 0.6 is 0 Å². The Morgan fingerprint density at radius 2 is 2.00 bits per heavy atom. The first-order valence-electron chi connectivity index (χ1n) is 6.55. The van der Waals surface area contributed by atoms with Crippen LogP contribution in [-0.4, -0.2) is 35.9 Å². The van der Waals surface area contributed by atoms with Crippen LogP contribution in [0.5, 0.6) is 11.5 Å². The molecule has 1 aliphatic rings. The fourth-order valence-corrected chi connectivity index (χ4v) is 1.76. The van der Waals surface area contributed by atoms with E-state index in [0.29, 0.717) is 19.6 Å². The highest BCUT2D eigenvalue weighted by molar-refractivity contribution is 5.99. The molecule has 19 heavy (non-hydrogen) atoms. The van der Waals surface area contributed by atoms with Crippen molar-refractivity contribution >= 4 is 5.91 Å². The lowest BCUT2D eigenvalue weighted by Crippen LogP contribution is -2.25. The average Bonchev–Trinajstić information content (AvgIpc) is 3.17. The summed E-state index contributed by atoms with van der Waals surface area (Å²) in [5.41, 5.74) is -0.0820. The largest absolute Gasteiger partial charge is 0.507 e. The summed E-state index contributed by atoms with van der Waals surface area (Å²) < 4.78 is 5.44. The number of benzene rings is 1. The van der Waals surface area contributed by atoms with Crippen molar-refractivity contribution in [3.63, 3.8) is 0 Å². The maximum atomic E-state index is 11.8. The predicted molar refractivity (Wildman–Crippen MR) is 70.3 cm³/mol. The Labute approximate surface area is 112 Å². The second-order valence-corrected chi connectivity index (χ2v) is 4.80. The van der Waals surface area contributed by atoms with Gasteiger partial charge in [0.2, 0.25) is 0 Å². The van der Waals surface area contributed by atoms with E-state index in [4.69, 9.17) is 4.74 Å². The number of carbonyl (C=O) groups excluding carboxylic acids is 1. The zero-order valence-electron chi connectivity index (χ0n) is 10.8. The van der Waals surface area contributed by atoms with E-state index in [-0.39, 0.29) is 17.1 Å². The average molecular weight is 265 g/mol. The molecule has 0 aliphatic heterocycles. The van der Waals surface area contributed by atoms with E-state index in [1.54, 1.807) is 0 Å². The molecule has 0 bridgehead atoms. The zero-order valence-corrected chi connectivity index (χ0v) is 10.8. The van der Waals surface area contributed by atoms with Crippen LogP contribution in [0, 0.1) is 5.92 Å². The van der Waals surface area contributed by atoms with Crippen LogP contribution < -0.4 is 5.32 Å². The normalized spacial score (nSPS) is 14.3. The van der Waals surface area contributed by atoms with E-state index in [1.165, 1.54) is 31.0 Å². The number of rotatable bonds is 7. The minimum atomic E-state index is -0.474. The summed E-state index contributed by atoms with van der Waals surface area (Å²) in [6.07, 6.45) is 3.25. The lowest BCUT2D eigenvalue weighted by Gasteiger charge is -2.08. The molecule has 2 rings (SSSR count). The molecule has 1 aromatic carbocycles. The minimum absolute atomic E-state index is 0.0820. The number of phenols is 2. The Balaban J connectivity index is 1.68. The van der Waals surface area contributed by atoms with Gasteiger partial charge in [0.15, 0.2) is 0 Å². The summed E-state index contributed by atoms with van der Waals surface area (Å²) in [5, 5.41) is 21.7. The number of carbonyl (C=O) groups is 1. The molecule has 0 heterocycles. The van der Waals surface area contributed by atoms with Gasteiger partial charge in [-0.1, -0.05) is 6.07 Å². The summed E-state index contributed by atoms with van der Waals surface area (Å²) in [5.74, 6) is -0.171. The summed E-state index contributed by atoms with van der Waals surface area (Å²) in [6.45, 7) is 1.88. The summed E-state index contributed by atoms with van der Waals surface area (Å²) in [4.78, 5) is 11.8. The topological polar surface area (TPSA) is 78.8 Å². The van der Waals surface area contributed by atoms with Crippen molar-refractivity contribution in [3.8, 4) is 11.5 Å². The lowest BCUT2D eigenvalue weighted by molar-refractivity contribution is 0.0932. The minimum Gasteiger partial charge on any atom is -0.507 e. The molecule has 1 aliphatic carbocycles. The van der Waals surface area contributed by atoms with Crippen LogP contribution in [0.4, 0.5) is 0 Å². The van der Waals surface area contributed by atoms with Gasteiger partial charge in [0.05, 0.1) is 0 Å². The molecule has 0 aromatic heterocycles. The van der Waals surface area contributed by atoms with Crippen LogP contribution in [0.25, 0.3) is 0 Å². The monoisotopic (exact) mass is 265 g/mol. The summed E-state index contributed by atoms with van der Waals surface area (Å²) in [6, 6.07) is 4.22. The van der Waals surface area contributed by atoms with Crippen molar-refractivity contribution in [2.45, 2.75) is 19.3 Å². The standard InChI is InChI=1S/C14H19NO4/c16-11-3-1-4-12(17)13(11)14(18)15-7-2-8-19-9-10-5-6-10/h1,3-4,10,16-17H,2,5-9H2,(H,15,18). The van der Waals surface area contributed by atoms with E-state index in [9.17, 15) is 15.0 Å². The van der Waals surface area contributed by atoms with Gasteiger partial charge in [0.25, 0.3) is 5.91 Å². The van der Waals surface area contributed by atoms with Crippen LogP contribution in [0.2, 0.25) is 0 Å².